The molecular weight excluding hydrogens is 173 g/mol. The van der Waals surface area contributed by atoms with Gasteiger partial charge in [-0.25, -0.2) is 30.6 Å². The first kappa shape index (κ1) is 22.8. The first-order valence-corrected chi connectivity index (χ1v) is 2.50. The molecule has 0 amide bonds. The smallest absolute Gasteiger partial charge is 0.231 e. The highest BCUT2D eigenvalue weighted by molar-refractivity contribution is 5.96. The number of isocyanates is 3. The average molecular weight is 179 g/mol. The van der Waals surface area contributed by atoms with Crippen molar-refractivity contribution in [3.8, 4) is 0 Å². The van der Waals surface area contributed by atoms with Gasteiger partial charge in [-0.2, -0.15) is 0 Å². The molecule has 8 heteroatoms. The van der Waals surface area contributed by atoms with Gasteiger partial charge in [-0.05, 0) is 0 Å². The van der Waals surface area contributed by atoms with E-state index in [2.05, 4.69) is 0 Å². The molecular formula is C3H6FN3O3Si. The summed E-state index contributed by atoms with van der Waals surface area (Å²) in [7, 11) is -0.194. The molecule has 0 saturated carbocycles. The lowest BCUT2D eigenvalue weighted by Crippen LogP contribution is -1.16. The maximum absolute atomic E-state index is 9.64. The fourth-order valence-corrected chi connectivity index (χ4v) is 0. The first-order chi connectivity index (χ1) is 5.24. The zero-order valence-electron chi connectivity index (χ0n) is 5.60. The number of halogens is 1. The summed E-state index contributed by atoms with van der Waals surface area (Å²) in [6.45, 7) is 0. The van der Waals surface area contributed by atoms with Crippen LogP contribution in [0.25, 0.3) is 0 Å². The van der Waals surface area contributed by atoms with Crippen LogP contribution in [-0.4, -0.2) is 28.8 Å². The van der Waals surface area contributed by atoms with Gasteiger partial charge in [-0.15, -0.1) is 0 Å². The second kappa shape index (κ2) is 266. The maximum Gasteiger partial charge on any atom is 0.231 e. The van der Waals surface area contributed by atoms with E-state index in [9.17, 15) is 4.11 Å². The lowest BCUT2D eigenvalue weighted by atomic mass is 11.7. The van der Waals surface area contributed by atoms with Crippen molar-refractivity contribution in [1.82, 2.24) is 0 Å². The molecule has 0 aliphatic carbocycles. The summed E-state index contributed by atoms with van der Waals surface area (Å²) in [5.74, 6) is 0. The van der Waals surface area contributed by atoms with Crippen LogP contribution in [0.3, 0.4) is 0 Å². The van der Waals surface area contributed by atoms with Gasteiger partial charge in [0.25, 0.3) is 0 Å². The van der Waals surface area contributed by atoms with Gasteiger partial charge in [0.1, 0.15) is 0 Å². The summed E-state index contributed by atoms with van der Waals surface area (Å²) in [4.78, 5) is 25.0. The van der Waals surface area contributed by atoms with Crippen molar-refractivity contribution in [1.29, 1.82) is 16.2 Å². The third-order valence-electron chi connectivity index (χ3n) is 0. The molecule has 0 rings (SSSR count). The van der Waals surface area contributed by atoms with E-state index in [-0.39, 0.29) is 10.6 Å². The number of hydrogen-bond donors (Lipinski definition) is 3. The number of carbonyl (C=O) groups excluding carboxylic acids is 3. The Bertz CT molecular complexity index is 115. The number of hydrogen-bond acceptors (Lipinski definition) is 6. The molecule has 0 bridgehead atoms. The second-order valence-electron chi connectivity index (χ2n) is 0.306. The van der Waals surface area contributed by atoms with Crippen LogP contribution in [0, 0.1) is 16.2 Å². The monoisotopic (exact) mass is 179 g/mol. The normalized spacial score (nSPS) is 3.00. The Morgan fingerprint density at radius 2 is 0.818 bits per heavy atom. The van der Waals surface area contributed by atoms with Gasteiger partial charge in [-0.3, -0.25) is 0 Å². The average Bonchev–Trinajstić information content (AvgIpc) is 1.96. The molecule has 0 radical (unpaired) electrons. The fraction of sp³-hybridized carbons (Fsp3) is 0. The molecule has 0 unspecified atom stereocenters. The van der Waals surface area contributed by atoms with Crippen molar-refractivity contribution in [3.63, 3.8) is 0 Å². The van der Waals surface area contributed by atoms with Crippen LogP contribution < -0.4 is 0 Å². The van der Waals surface area contributed by atoms with Gasteiger partial charge in [0.05, 0.1) is 0 Å². The third kappa shape index (κ3) is 112. The van der Waals surface area contributed by atoms with E-state index in [1.807, 2.05) is 0 Å². The molecule has 0 spiro atoms. The van der Waals surface area contributed by atoms with E-state index in [0.717, 1.165) is 18.2 Å². The van der Waals surface area contributed by atoms with Crippen molar-refractivity contribution < 1.29 is 18.5 Å². The quantitative estimate of drug-likeness (QED) is 0.190. The van der Waals surface area contributed by atoms with Crippen molar-refractivity contribution in [2.24, 2.45) is 0 Å². The molecule has 0 aromatic heterocycles. The molecule has 0 saturated heterocycles. The van der Waals surface area contributed by atoms with Gasteiger partial charge >= 0.3 is 0 Å². The molecule has 62 valence electrons. The van der Waals surface area contributed by atoms with Crippen LogP contribution in [0.15, 0.2) is 0 Å². The predicted octanol–water partition coefficient (Wildman–Crippen LogP) is -1.06. The third-order valence-corrected chi connectivity index (χ3v) is 0. The van der Waals surface area contributed by atoms with Crippen LogP contribution in [0.2, 0.25) is 0 Å². The summed E-state index contributed by atoms with van der Waals surface area (Å²) >= 11 is 0. The van der Waals surface area contributed by atoms with Crippen LogP contribution >= 0.6 is 0 Å². The molecule has 0 aromatic carbocycles. The van der Waals surface area contributed by atoms with Crippen LogP contribution in [0.4, 0.5) is 4.11 Å². The SMILES string of the molecule is F[SiH3].N=C=O.N=C=O.N=C=O. The van der Waals surface area contributed by atoms with E-state index in [1.165, 1.54) is 0 Å². The van der Waals surface area contributed by atoms with Crippen molar-refractivity contribution >= 4 is 28.8 Å². The molecule has 0 atom stereocenters. The zero-order valence-corrected chi connectivity index (χ0v) is 7.60. The van der Waals surface area contributed by atoms with Gasteiger partial charge in [0.2, 0.25) is 28.8 Å². The Hall–Kier alpha value is -1.71. The minimum absolute atomic E-state index is 0.194. The van der Waals surface area contributed by atoms with Crippen molar-refractivity contribution in [2.45, 2.75) is 0 Å². The standard InChI is InChI=1S/3CHNO.FH3Si/c3*2-1-3;1-2/h3*2H;2H3. The summed E-state index contributed by atoms with van der Waals surface area (Å²) in [5, 5.41) is 16.2. The highest BCUT2D eigenvalue weighted by atomic mass is 28.2. The van der Waals surface area contributed by atoms with Gasteiger partial charge in [0, 0.05) is 0 Å². The van der Waals surface area contributed by atoms with Gasteiger partial charge in [-0.1, -0.05) is 0 Å². The molecule has 0 aliphatic rings. The molecule has 3 N–H and O–H groups in total. The van der Waals surface area contributed by atoms with Gasteiger partial charge < -0.3 is 4.11 Å². The molecule has 0 fully saturated rings. The lowest BCUT2D eigenvalue weighted by Gasteiger charge is -1.10. The second-order valence-corrected chi connectivity index (χ2v) is 0.306. The first-order valence-electron chi connectivity index (χ1n) is 1.74. The number of rotatable bonds is 0. The minimum atomic E-state index is -0.194. The fourth-order valence-electron chi connectivity index (χ4n) is 0. The highest BCUT2D eigenvalue weighted by Gasteiger charge is 1.04. The van der Waals surface area contributed by atoms with Gasteiger partial charge in [0.15, 0.2) is 0 Å². The highest BCUT2D eigenvalue weighted by Crippen LogP contribution is 1.10. The van der Waals surface area contributed by atoms with Crippen LogP contribution in [-0.2, 0) is 14.4 Å². The Balaban J connectivity index is -0.0000000301. The molecule has 11 heavy (non-hydrogen) atoms. The molecule has 0 aliphatic heterocycles. The van der Waals surface area contributed by atoms with E-state index in [1.54, 1.807) is 0 Å². The molecule has 6 nitrogen and oxygen atoms in total. The van der Waals surface area contributed by atoms with Crippen molar-refractivity contribution in [2.75, 3.05) is 0 Å². The summed E-state index contributed by atoms with van der Waals surface area (Å²) < 4.78 is 9.64. The van der Waals surface area contributed by atoms with E-state index >= 15 is 0 Å². The molecule has 0 aromatic rings. The van der Waals surface area contributed by atoms with E-state index in [4.69, 9.17) is 30.6 Å². The number of nitrogens with one attached hydrogen (secondary N) is 3. The van der Waals surface area contributed by atoms with Crippen LogP contribution in [0.5, 0.6) is 0 Å². The topological polar surface area (TPSA) is 123 Å². The van der Waals surface area contributed by atoms with E-state index in [0.29, 0.717) is 0 Å². The van der Waals surface area contributed by atoms with Crippen LogP contribution in [0.1, 0.15) is 0 Å². The summed E-state index contributed by atoms with van der Waals surface area (Å²) in [6, 6.07) is 0. The van der Waals surface area contributed by atoms with Crippen molar-refractivity contribution in [3.05, 3.63) is 0 Å². The largest absolute Gasteiger partial charge is 0.327 e. The zero-order chi connectivity index (χ0) is 10.1. The lowest BCUT2D eigenvalue weighted by molar-refractivity contribution is 0.562. The summed E-state index contributed by atoms with van der Waals surface area (Å²) in [5.41, 5.74) is 0. The molecule has 0 heterocycles. The predicted molar refractivity (Wildman–Crippen MR) is 36.3 cm³/mol. The maximum atomic E-state index is 9.64. The Kier molecular flexibility index (Phi) is 551. The Morgan fingerprint density at radius 3 is 0.818 bits per heavy atom. The minimum Gasteiger partial charge on any atom is -0.327 e. The Morgan fingerprint density at radius 1 is 0.818 bits per heavy atom. The summed E-state index contributed by atoms with van der Waals surface area (Å²) in [6.07, 6.45) is 2.25. The Labute approximate surface area is 64.5 Å². The van der Waals surface area contributed by atoms with E-state index < -0.39 is 0 Å².